The molecule has 0 aromatic heterocycles. The Morgan fingerprint density at radius 2 is 1.86 bits per heavy atom. The van der Waals surface area contributed by atoms with Gasteiger partial charge in [0, 0.05) is 23.8 Å². The zero-order chi connectivity index (χ0) is 15.1. The topological polar surface area (TPSA) is 20.3 Å². The van der Waals surface area contributed by atoms with Gasteiger partial charge in [-0.25, -0.2) is 0 Å². The van der Waals surface area contributed by atoms with Crippen LogP contribution < -0.4 is 0 Å². The van der Waals surface area contributed by atoms with Crippen molar-refractivity contribution in [2.24, 2.45) is 11.8 Å². The van der Waals surface area contributed by atoms with Crippen LogP contribution in [0.3, 0.4) is 0 Å². The summed E-state index contributed by atoms with van der Waals surface area (Å²) in [5, 5.41) is 1.02. The highest BCUT2D eigenvalue weighted by Crippen LogP contribution is 2.34. The smallest absolute Gasteiger partial charge is 0.225 e. The summed E-state index contributed by atoms with van der Waals surface area (Å²) in [6.07, 6.45) is 13.7. The summed E-state index contributed by atoms with van der Waals surface area (Å²) in [6, 6.07) is 0.503. The highest BCUT2D eigenvalue weighted by Gasteiger charge is 2.33. The first-order valence-corrected chi connectivity index (χ1v) is 10.2. The van der Waals surface area contributed by atoms with E-state index in [0.29, 0.717) is 17.9 Å². The van der Waals surface area contributed by atoms with E-state index in [1.54, 1.807) is 0 Å². The van der Waals surface area contributed by atoms with Gasteiger partial charge in [0.05, 0.1) is 0 Å². The Kier molecular flexibility index (Phi) is 7.56. The summed E-state index contributed by atoms with van der Waals surface area (Å²) in [5.41, 5.74) is 0. The Labute approximate surface area is 139 Å². The van der Waals surface area contributed by atoms with Crippen molar-refractivity contribution in [1.82, 2.24) is 4.90 Å². The summed E-state index contributed by atoms with van der Waals surface area (Å²) in [7, 11) is 0. The predicted molar refractivity (Wildman–Crippen MR) is 92.7 cm³/mol. The molecule has 3 heteroatoms. The van der Waals surface area contributed by atoms with Gasteiger partial charge in [-0.15, -0.1) is 0 Å². The Morgan fingerprint density at radius 3 is 2.52 bits per heavy atom. The molecular formula is C18H32BrNO. The highest BCUT2D eigenvalue weighted by molar-refractivity contribution is 9.09. The van der Waals surface area contributed by atoms with Gasteiger partial charge >= 0.3 is 0 Å². The molecule has 1 atom stereocenters. The number of hydrogen-bond donors (Lipinski definition) is 0. The minimum Gasteiger partial charge on any atom is -0.339 e. The van der Waals surface area contributed by atoms with Crippen molar-refractivity contribution in [1.29, 1.82) is 0 Å². The summed E-state index contributed by atoms with van der Waals surface area (Å²) >= 11 is 3.55. The normalized spacial score (nSPS) is 30.4. The van der Waals surface area contributed by atoms with E-state index in [4.69, 9.17) is 0 Å². The van der Waals surface area contributed by atoms with E-state index < -0.39 is 0 Å². The average Bonchev–Trinajstić information content (AvgIpc) is 2.53. The fraction of sp³-hybridized carbons (Fsp3) is 0.944. The maximum absolute atomic E-state index is 12.9. The molecule has 0 spiro atoms. The summed E-state index contributed by atoms with van der Waals surface area (Å²) in [4.78, 5) is 15.1. The summed E-state index contributed by atoms with van der Waals surface area (Å²) in [6.45, 7) is 3.28. The van der Waals surface area contributed by atoms with Gasteiger partial charge in [-0.1, -0.05) is 42.1 Å². The molecule has 0 aromatic rings. The Morgan fingerprint density at radius 1 is 1.10 bits per heavy atom. The number of hydrogen-bond acceptors (Lipinski definition) is 1. The van der Waals surface area contributed by atoms with E-state index in [1.165, 1.54) is 51.4 Å². The third-order valence-corrected chi connectivity index (χ3v) is 5.97. The van der Waals surface area contributed by atoms with Crippen molar-refractivity contribution < 1.29 is 4.79 Å². The third-order valence-electron chi connectivity index (χ3n) is 5.51. The fourth-order valence-corrected chi connectivity index (χ4v) is 4.67. The molecule has 0 bridgehead atoms. The van der Waals surface area contributed by atoms with E-state index >= 15 is 0 Å². The number of piperidine rings is 1. The van der Waals surface area contributed by atoms with Gasteiger partial charge in [0.2, 0.25) is 5.91 Å². The number of halogens is 1. The standard InChI is InChI=1S/C18H32BrNO/c1-2-3-6-15-8-10-16(11-9-15)18(21)20-14-5-4-7-17(20)12-13-19/h15-17H,2-14H2,1H3. The largest absolute Gasteiger partial charge is 0.339 e. The van der Waals surface area contributed by atoms with Crippen molar-refractivity contribution in [3.8, 4) is 0 Å². The molecule has 1 unspecified atom stereocenters. The van der Waals surface area contributed by atoms with Crippen LogP contribution in [0.4, 0.5) is 0 Å². The Bertz CT molecular complexity index is 310. The van der Waals surface area contributed by atoms with Crippen LogP contribution in [0.25, 0.3) is 0 Å². The average molecular weight is 358 g/mol. The monoisotopic (exact) mass is 357 g/mol. The second kappa shape index (κ2) is 9.17. The number of carbonyl (C=O) groups excluding carboxylic acids is 1. The van der Waals surface area contributed by atoms with Crippen LogP contribution in [-0.4, -0.2) is 28.7 Å². The quantitative estimate of drug-likeness (QED) is 0.602. The molecule has 2 nitrogen and oxygen atoms in total. The van der Waals surface area contributed by atoms with Crippen LogP contribution in [0.1, 0.15) is 77.6 Å². The van der Waals surface area contributed by atoms with Crippen LogP contribution in [-0.2, 0) is 4.79 Å². The van der Waals surface area contributed by atoms with Crippen molar-refractivity contribution in [2.75, 3.05) is 11.9 Å². The minimum absolute atomic E-state index is 0.332. The number of alkyl halides is 1. The van der Waals surface area contributed by atoms with E-state index in [1.807, 2.05) is 0 Å². The van der Waals surface area contributed by atoms with E-state index in [2.05, 4.69) is 27.8 Å². The predicted octanol–water partition coefficient (Wildman–Crippen LogP) is 5.15. The van der Waals surface area contributed by atoms with Crippen LogP contribution in [0.15, 0.2) is 0 Å². The number of carbonyl (C=O) groups is 1. The lowest BCUT2D eigenvalue weighted by Gasteiger charge is -2.39. The van der Waals surface area contributed by atoms with Gasteiger partial charge in [0.1, 0.15) is 0 Å². The van der Waals surface area contributed by atoms with E-state index in [-0.39, 0.29) is 0 Å². The van der Waals surface area contributed by atoms with Crippen molar-refractivity contribution in [3.63, 3.8) is 0 Å². The number of nitrogens with zero attached hydrogens (tertiary/aromatic N) is 1. The van der Waals surface area contributed by atoms with Crippen molar-refractivity contribution in [3.05, 3.63) is 0 Å². The second-order valence-corrected chi connectivity index (χ2v) is 7.81. The van der Waals surface area contributed by atoms with Crippen LogP contribution in [0.5, 0.6) is 0 Å². The molecule has 1 amide bonds. The van der Waals surface area contributed by atoms with E-state index in [0.717, 1.165) is 37.1 Å². The van der Waals surface area contributed by atoms with Gasteiger partial charge in [0.15, 0.2) is 0 Å². The molecule has 0 aromatic carbocycles. The first kappa shape index (κ1) is 17.3. The SMILES string of the molecule is CCCCC1CCC(C(=O)N2CCCCC2CCBr)CC1. The van der Waals surface area contributed by atoms with Gasteiger partial charge in [0.25, 0.3) is 0 Å². The van der Waals surface area contributed by atoms with Gasteiger partial charge < -0.3 is 4.90 Å². The molecule has 1 saturated heterocycles. The maximum Gasteiger partial charge on any atom is 0.225 e. The fourth-order valence-electron chi connectivity index (χ4n) is 4.14. The van der Waals surface area contributed by atoms with Gasteiger partial charge in [-0.05, 0) is 57.3 Å². The first-order valence-electron chi connectivity index (χ1n) is 9.12. The van der Waals surface area contributed by atoms with Crippen LogP contribution in [0, 0.1) is 11.8 Å². The zero-order valence-electron chi connectivity index (χ0n) is 13.7. The molecule has 21 heavy (non-hydrogen) atoms. The van der Waals surface area contributed by atoms with Crippen LogP contribution in [0.2, 0.25) is 0 Å². The number of rotatable bonds is 6. The Balaban J connectivity index is 1.82. The van der Waals surface area contributed by atoms with Crippen molar-refractivity contribution >= 4 is 21.8 Å². The first-order chi connectivity index (χ1) is 10.3. The number of likely N-dealkylation sites (tertiary alicyclic amines) is 1. The third kappa shape index (κ3) is 4.97. The van der Waals surface area contributed by atoms with E-state index in [9.17, 15) is 4.79 Å². The molecular weight excluding hydrogens is 326 g/mol. The lowest BCUT2D eigenvalue weighted by atomic mass is 9.79. The Hall–Kier alpha value is -0.0500. The summed E-state index contributed by atoms with van der Waals surface area (Å²) in [5.74, 6) is 1.71. The maximum atomic E-state index is 12.9. The highest BCUT2D eigenvalue weighted by atomic mass is 79.9. The lowest BCUT2D eigenvalue weighted by Crippen LogP contribution is -2.47. The molecule has 1 saturated carbocycles. The second-order valence-electron chi connectivity index (χ2n) is 7.02. The zero-order valence-corrected chi connectivity index (χ0v) is 15.2. The van der Waals surface area contributed by atoms with Crippen LogP contribution >= 0.6 is 15.9 Å². The van der Waals surface area contributed by atoms with Gasteiger partial charge in [-0.2, -0.15) is 0 Å². The molecule has 1 aliphatic heterocycles. The molecule has 0 N–H and O–H groups in total. The molecule has 2 fully saturated rings. The minimum atomic E-state index is 0.332. The lowest BCUT2D eigenvalue weighted by molar-refractivity contribution is -0.140. The molecule has 0 radical (unpaired) electrons. The molecule has 122 valence electrons. The molecule has 1 heterocycles. The van der Waals surface area contributed by atoms with Gasteiger partial charge in [-0.3, -0.25) is 4.79 Å². The summed E-state index contributed by atoms with van der Waals surface area (Å²) < 4.78 is 0. The molecule has 2 rings (SSSR count). The number of unbranched alkanes of at least 4 members (excludes halogenated alkanes) is 1. The number of amides is 1. The molecule has 2 aliphatic rings. The van der Waals surface area contributed by atoms with Crippen molar-refractivity contribution in [2.45, 2.75) is 83.6 Å². The molecule has 1 aliphatic carbocycles.